The Labute approximate surface area is 131 Å². The van der Waals surface area contributed by atoms with Crippen molar-refractivity contribution < 1.29 is 0 Å². The van der Waals surface area contributed by atoms with Gasteiger partial charge < -0.3 is 4.90 Å². The van der Waals surface area contributed by atoms with Crippen LogP contribution in [0.15, 0.2) is 54.7 Å². The minimum atomic E-state index is 1.05. The predicted octanol–water partition coefficient (Wildman–Crippen LogP) is 4.78. The van der Waals surface area contributed by atoms with Crippen molar-refractivity contribution in [1.29, 1.82) is 0 Å². The highest BCUT2D eigenvalue weighted by atomic mass is 15.1. The van der Waals surface area contributed by atoms with E-state index in [1.165, 1.54) is 27.8 Å². The molecule has 110 valence electrons. The van der Waals surface area contributed by atoms with E-state index in [1.54, 1.807) is 0 Å². The molecule has 0 unspecified atom stereocenters. The maximum absolute atomic E-state index is 4.45. The first-order valence-electron chi connectivity index (χ1n) is 7.44. The SMILES string of the molecule is Cc1ccc2c(/C=C/c3ccc(N(C)C)cc3)ccnc2c1. The van der Waals surface area contributed by atoms with Crippen LogP contribution in [-0.4, -0.2) is 19.1 Å². The van der Waals surface area contributed by atoms with E-state index in [0.717, 1.165) is 5.52 Å². The van der Waals surface area contributed by atoms with Gasteiger partial charge in [-0.15, -0.1) is 0 Å². The summed E-state index contributed by atoms with van der Waals surface area (Å²) in [6.45, 7) is 2.09. The fourth-order valence-corrected chi connectivity index (χ4v) is 2.50. The Morgan fingerprint density at radius 1 is 0.909 bits per heavy atom. The molecular weight excluding hydrogens is 268 g/mol. The molecule has 0 aliphatic carbocycles. The number of fused-ring (bicyclic) bond motifs is 1. The number of aryl methyl sites for hydroxylation is 1. The van der Waals surface area contributed by atoms with E-state index in [1.807, 2.05) is 6.20 Å². The third-order valence-electron chi connectivity index (χ3n) is 3.80. The highest BCUT2D eigenvalue weighted by Crippen LogP contribution is 2.21. The minimum Gasteiger partial charge on any atom is -0.378 e. The van der Waals surface area contributed by atoms with Gasteiger partial charge in [0.2, 0.25) is 0 Å². The minimum absolute atomic E-state index is 1.05. The standard InChI is InChI=1S/C20H20N2/c1-15-4-11-19-17(12-13-21-20(19)14-15)8-5-16-6-9-18(10-7-16)22(2)3/h4-14H,1-3H3/b8-5+. The van der Waals surface area contributed by atoms with Gasteiger partial charge in [-0.3, -0.25) is 4.98 Å². The van der Waals surface area contributed by atoms with Gasteiger partial charge in [0.25, 0.3) is 0 Å². The van der Waals surface area contributed by atoms with E-state index < -0.39 is 0 Å². The van der Waals surface area contributed by atoms with E-state index >= 15 is 0 Å². The summed E-state index contributed by atoms with van der Waals surface area (Å²) in [5.74, 6) is 0. The van der Waals surface area contributed by atoms with Crippen molar-refractivity contribution in [3.05, 3.63) is 71.4 Å². The molecule has 0 fully saturated rings. The van der Waals surface area contributed by atoms with Gasteiger partial charge in [-0.25, -0.2) is 0 Å². The molecule has 22 heavy (non-hydrogen) atoms. The van der Waals surface area contributed by atoms with Gasteiger partial charge in [-0.1, -0.05) is 36.4 Å². The molecular formula is C20H20N2. The van der Waals surface area contributed by atoms with Crippen LogP contribution in [0.1, 0.15) is 16.7 Å². The molecule has 0 amide bonds. The Morgan fingerprint density at radius 3 is 2.41 bits per heavy atom. The molecule has 3 rings (SSSR count). The highest BCUT2D eigenvalue weighted by Gasteiger charge is 1.99. The molecule has 0 radical (unpaired) electrons. The van der Waals surface area contributed by atoms with Crippen LogP contribution in [-0.2, 0) is 0 Å². The third kappa shape index (κ3) is 3.01. The monoisotopic (exact) mass is 288 g/mol. The largest absolute Gasteiger partial charge is 0.378 e. The fraction of sp³-hybridized carbons (Fsp3) is 0.150. The molecule has 1 heterocycles. The molecule has 0 spiro atoms. The van der Waals surface area contributed by atoms with Crippen LogP contribution in [0.3, 0.4) is 0 Å². The lowest BCUT2D eigenvalue weighted by Crippen LogP contribution is -2.07. The smallest absolute Gasteiger partial charge is 0.0710 e. The molecule has 2 heteroatoms. The molecule has 0 N–H and O–H groups in total. The number of benzene rings is 2. The maximum Gasteiger partial charge on any atom is 0.0710 e. The van der Waals surface area contributed by atoms with Crippen LogP contribution in [0.5, 0.6) is 0 Å². The second-order valence-corrected chi connectivity index (χ2v) is 5.74. The molecule has 0 aliphatic rings. The highest BCUT2D eigenvalue weighted by molar-refractivity contribution is 5.90. The summed E-state index contributed by atoms with van der Waals surface area (Å²) in [6, 6.07) is 17.0. The molecule has 2 nitrogen and oxygen atoms in total. The summed E-state index contributed by atoms with van der Waals surface area (Å²) in [6.07, 6.45) is 6.18. The van der Waals surface area contributed by atoms with Crippen LogP contribution in [0, 0.1) is 6.92 Å². The topological polar surface area (TPSA) is 16.1 Å². The first kappa shape index (κ1) is 14.3. The molecule has 2 aromatic carbocycles. The van der Waals surface area contributed by atoms with Crippen molar-refractivity contribution in [2.45, 2.75) is 6.92 Å². The van der Waals surface area contributed by atoms with E-state index in [9.17, 15) is 0 Å². The molecule has 3 aromatic rings. The van der Waals surface area contributed by atoms with E-state index in [0.29, 0.717) is 0 Å². The summed E-state index contributed by atoms with van der Waals surface area (Å²) in [7, 11) is 4.10. The summed E-state index contributed by atoms with van der Waals surface area (Å²) in [4.78, 5) is 6.55. The normalized spacial score (nSPS) is 11.2. The molecule has 0 atom stereocenters. The Kier molecular flexibility index (Phi) is 3.92. The lowest BCUT2D eigenvalue weighted by molar-refractivity contribution is 1.13. The summed E-state index contributed by atoms with van der Waals surface area (Å²) in [5.41, 5.74) is 5.89. The zero-order chi connectivity index (χ0) is 15.5. The number of hydrogen-bond acceptors (Lipinski definition) is 2. The van der Waals surface area contributed by atoms with Crippen molar-refractivity contribution in [3.8, 4) is 0 Å². The number of aromatic nitrogens is 1. The molecule has 1 aromatic heterocycles. The van der Waals surface area contributed by atoms with Gasteiger partial charge >= 0.3 is 0 Å². The Balaban J connectivity index is 1.92. The van der Waals surface area contributed by atoms with E-state index in [2.05, 4.69) is 91.6 Å². The van der Waals surface area contributed by atoms with Crippen LogP contribution in [0.25, 0.3) is 23.1 Å². The lowest BCUT2D eigenvalue weighted by atomic mass is 10.1. The van der Waals surface area contributed by atoms with Crippen LogP contribution in [0.4, 0.5) is 5.69 Å². The zero-order valence-electron chi connectivity index (χ0n) is 13.2. The van der Waals surface area contributed by atoms with Crippen molar-refractivity contribution in [2.24, 2.45) is 0 Å². The lowest BCUT2D eigenvalue weighted by Gasteiger charge is -2.11. The van der Waals surface area contributed by atoms with Gasteiger partial charge in [-0.05, 0) is 47.9 Å². The number of hydrogen-bond donors (Lipinski definition) is 0. The Bertz CT molecular complexity index is 815. The Hall–Kier alpha value is -2.61. The second-order valence-electron chi connectivity index (χ2n) is 5.74. The third-order valence-corrected chi connectivity index (χ3v) is 3.80. The van der Waals surface area contributed by atoms with E-state index in [-0.39, 0.29) is 0 Å². The van der Waals surface area contributed by atoms with Gasteiger partial charge in [0.1, 0.15) is 0 Å². The van der Waals surface area contributed by atoms with Crippen molar-refractivity contribution in [1.82, 2.24) is 4.98 Å². The van der Waals surface area contributed by atoms with Crippen LogP contribution in [0.2, 0.25) is 0 Å². The Morgan fingerprint density at radius 2 is 1.68 bits per heavy atom. The van der Waals surface area contributed by atoms with Gasteiger partial charge in [-0.2, -0.15) is 0 Å². The molecule has 0 saturated heterocycles. The van der Waals surface area contributed by atoms with Crippen LogP contribution < -0.4 is 4.90 Å². The van der Waals surface area contributed by atoms with Gasteiger partial charge in [0.15, 0.2) is 0 Å². The maximum atomic E-state index is 4.45. The van der Waals surface area contributed by atoms with Gasteiger partial charge in [0.05, 0.1) is 5.52 Å². The van der Waals surface area contributed by atoms with E-state index in [4.69, 9.17) is 0 Å². The first-order chi connectivity index (χ1) is 10.6. The van der Waals surface area contributed by atoms with Crippen molar-refractivity contribution >= 4 is 28.7 Å². The first-order valence-corrected chi connectivity index (χ1v) is 7.44. The summed E-state index contributed by atoms with van der Waals surface area (Å²) >= 11 is 0. The average molecular weight is 288 g/mol. The second kappa shape index (κ2) is 6.02. The summed E-state index contributed by atoms with van der Waals surface area (Å²) in [5, 5.41) is 1.19. The average Bonchev–Trinajstić information content (AvgIpc) is 2.52. The van der Waals surface area contributed by atoms with Gasteiger partial charge in [0, 0.05) is 31.4 Å². The quantitative estimate of drug-likeness (QED) is 0.689. The number of pyridine rings is 1. The van der Waals surface area contributed by atoms with Crippen molar-refractivity contribution in [3.63, 3.8) is 0 Å². The predicted molar refractivity (Wildman–Crippen MR) is 96.2 cm³/mol. The molecule has 0 saturated carbocycles. The molecule has 0 bridgehead atoms. The number of rotatable bonds is 3. The summed E-state index contributed by atoms with van der Waals surface area (Å²) < 4.78 is 0. The molecule has 0 aliphatic heterocycles. The number of nitrogens with zero attached hydrogens (tertiary/aromatic N) is 2. The fourth-order valence-electron chi connectivity index (χ4n) is 2.50. The van der Waals surface area contributed by atoms with Crippen molar-refractivity contribution in [2.75, 3.05) is 19.0 Å². The van der Waals surface area contributed by atoms with Crippen LogP contribution >= 0.6 is 0 Å². The zero-order valence-corrected chi connectivity index (χ0v) is 13.2. The number of anilines is 1.